The molecule has 0 bridgehead atoms. The van der Waals surface area contributed by atoms with Crippen molar-refractivity contribution in [3.8, 4) is 0 Å². The molecule has 3 rings (SSSR count). The molecule has 1 atom stereocenters. The van der Waals surface area contributed by atoms with Crippen LogP contribution in [0.5, 0.6) is 0 Å². The van der Waals surface area contributed by atoms with Crippen molar-refractivity contribution in [3.05, 3.63) is 28.5 Å². The first-order valence-electron chi connectivity index (χ1n) is 6.56. The minimum atomic E-state index is 0.452. The predicted molar refractivity (Wildman–Crippen MR) is 80.5 cm³/mol. The van der Waals surface area contributed by atoms with Crippen molar-refractivity contribution in [1.29, 1.82) is 0 Å². The van der Waals surface area contributed by atoms with Crippen LogP contribution in [0.4, 0.5) is 0 Å². The molecule has 1 aromatic heterocycles. The van der Waals surface area contributed by atoms with Gasteiger partial charge in [0.1, 0.15) is 5.82 Å². The maximum atomic E-state index is 6.02. The molecular weight excluding hydrogens is 328 g/mol. The SMILES string of the molecule is ClCc1nc2ccc(Br)cc2n1CCC1CCOC1. The van der Waals surface area contributed by atoms with E-state index in [4.69, 9.17) is 16.3 Å². The molecule has 1 aliphatic heterocycles. The minimum Gasteiger partial charge on any atom is -0.381 e. The average molecular weight is 344 g/mol. The van der Waals surface area contributed by atoms with E-state index in [-0.39, 0.29) is 0 Å². The molecule has 1 unspecified atom stereocenters. The van der Waals surface area contributed by atoms with Crippen LogP contribution >= 0.6 is 27.5 Å². The number of nitrogens with zero attached hydrogens (tertiary/aromatic N) is 2. The largest absolute Gasteiger partial charge is 0.381 e. The quantitative estimate of drug-likeness (QED) is 0.786. The third-order valence-electron chi connectivity index (χ3n) is 3.69. The van der Waals surface area contributed by atoms with E-state index < -0.39 is 0 Å². The molecule has 3 nitrogen and oxygen atoms in total. The molecule has 0 N–H and O–H groups in total. The van der Waals surface area contributed by atoms with Gasteiger partial charge in [0, 0.05) is 24.2 Å². The maximum Gasteiger partial charge on any atom is 0.124 e. The molecule has 5 heteroatoms. The summed E-state index contributed by atoms with van der Waals surface area (Å²) in [4.78, 5) is 4.60. The molecule has 2 heterocycles. The number of rotatable bonds is 4. The minimum absolute atomic E-state index is 0.452. The van der Waals surface area contributed by atoms with Gasteiger partial charge in [-0.15, -0.1) is 11.6 Å². The van der Waals surface area contributed by atoms with Crippen LogP contribution in [0.25, 0.3) is 11.0 Å². The number of hydrogen-bond donors (Lipinski definition) is 0. The zero-order chi connectivity index (χ0) is 13.2. The van der Waals surface area contributed by atoms with E-state index in [0.717, 1.165) is 47.5 Å². The highest BCUT2D eigenvalue weighted by atomic mass is 79.9. The Morgan fingerprint density at radius 2 is 2.37 bits per heavy atom. The highest BCUT2D eigenvalue weighted by Crippen LogP contribution is 2.24. The number of alkyl halides is 1. The first kappa shape index (κ1) is 13.4. The summed E-state index contributed by atoms with van der Waals surface area (Å²) >= 11 is 9.54. The second-order valence-corrected chi connectivity index (χ2v) is 6.15. The van der Waals surface area contributed by atoms with Crippen molar-refractivity contribution in [1.82, 2.24) is 9.55 Å². The zero-order valence-electron chi connectivity index (χ0n) is 10.6. The fraction of sp³-hybridized carbons (Fsp3) is 0.500. The summed E-state index contributed by atoms with van der Waals surface area (Å²) < 4.78 is 8.75. The summed E-state index contributed by atoms with van der Waals surface area (Å²) in [6.07, 6.45) is 2.30. The third-order valence-corrected chi connectivity index (χ3v) is 4.43. The van der Waals surface area contributed by atoms with Crippen molar-refractivity contribution in [2.24, 2.45) is 5.92 Å². The van der Waals surface area contributed by atoms with Gasteiger partial charge in [0.25, 0.3) is 0 Å². The molecule has 1 saturated heterocycles. The van der Waals surface area contributed by atoms with Gasteiger partial charge in [-0.25, -0.2) is 4.98 Å². The number of aromatic nitrogens is 2. The van der Waals surface area contributed by atoms with E-state index in [2.05, 4.69) is 31.5 Å². The summed E-state index contributed by atoms with van der Waals surface area (Å²) in [5.41, 5.74) is 2.17. The molecule has 102 valence electrons. The number of imidazole rings is 1. The number of halogens is 2. The normalized spacial score (nSPS) is 19.4. The summed E-state index contributed by atoms with van der Waals surface area (Å²) in [5, 5.41) is 0. The number of fused-ring (bicyclic) bond motifs is 1. The predicted octanol–water partition coefficient (Wildman–Crippen LogP) is 3.96. The van der Waals surface area contributed by atoms with Crippen LogP contribution in [0.1, 0.15) is 18.7 Å². The number of benzene rings is 1. The van der Waals surface area contributed by atoms with E-state index in [1.807, 2.05) is 12.1 Å². The molecule has 0 saturated carbocycles. The first-order valence-corrected chi connectivity index (χ1v) is 7.89. The molecule has 0 radical (unpaired) electrons. The topological polar surface area (TPSA) is 27.1 Å². The Morgan fingerprint density at radius 3 is 3.11 bits per heavy atom. The van der Waals surface area contributed by atoms with Gasteiger partial charge in [-0.3, -0.25) is 0 Å². The fourth-order valence-electron chi connectivity index (χ4n) is 2.62. The maximum absolute atomic E-state index is 6.02. The molecule has 19 heavy (non-hydrogen) atoms. The average Bonchev–Trinajstić information content (AvgIpc) is 3.03. The Kier molecular flexibility index (Phi) is 4.10. The Morgan fingerprint density at radius 1 is 1.47 bits per heavy atom. The number of aryl methyl sites for hydroxylation is 1. The fourth-order valence-corrected chi connectivity index (χ4v) is 3.17. The molecule has 0 aliphatic carbocycles. The first-order chi connectivity index (χ1) is 9.28. The lowest BCUT2D eigenvalue weighted by molar-refractivity contribution is 0.183. The van der Waals surface area contributed by atoms with Gasteiger partial charge in [-0.1, -0.05) is 15.9 Å². The van der Waals surface area contributed by atoms with Crippen molar-refractivity contribution in [2.45, 2.75) is 25.3 Å². The second kappa shape index (κ2) is 5.81. The van der Waals surface area contributed by atoms with Gasteiger partial charge >= 0.3 is 0 Å². The van der Waals surface area contributed by atoms with Crippen LogP contribution in [0.15, 0.2) is 22.7 Å². The monoisotopic (exact) mass is 342 g/mol. The highest BCUT2D eigenvalue weighted by molar-refractivity contribution is 9.10. The lowest BCUT2D eigenvalue weighted by Gasteiger charge is -2.11. The van der Waals surface area contributed by atoms with Crippen LogP contribution in [-0.4, -0.2) is 22.8 Å². The van der Waals surface area contributed by atoms with Gasteiger partial charge < -0.3 is 9.30 Å². The van der Waals surface area contributed by atoms with Gasteiger partial charge in [-0.2, -0.15) is 0 Å². The van der Waals surface area contributed by atoms with Crippen molar-refractivity contribution < 1.29 is 4.74 Å². The molecule has 1 aliphatic rings. The van der Waals surface area contributed by atoms with E-state index in [1.54, 1.807) is 0 Å². The van der Waals surface area contributed by atoms with Crippen molar-refractivity contribution in [2.75, 3.05) is 13.2 Å². The van der Waals surface area contributed by atoms with E-state index in [0.29, 0.717) is 11.8 Å². The van der Waals surface area contributed by atoms with Crippen LogP contribution in [0, 0.1) is 5.92 Å². The van der Waals surface area contributed by atoms with E-state index >= 15 is 0 Å². The van der Waals surface area contributed by atoms with Gasteiger partial charge in [0.2, 0.25) is 0 Å². The van der Waals surface area contributed by atoms with Crippen LogP contribution < -0.4 is 0 Å². The molecule has 0 spiro atoms. The Balaban J connectivity index is 1.88. The molecule has 0 amide bonds. The van der Waals surface area contributed by atoms with Crippen molar-refractivity contribution in [3.63, 3.8) is 0 Å². The lowest BCUT2D eigenvalue weighted by Crippen LogP contribution is -2.08. The van der Waals surface area contributed by atoms with E-state index in [1.165, 1.54) is 6.42 Å². The van der Waals surface area contributed by atoms with Gasteiger partial charge in [0.05, 0.1) is 16.9 Å². The van der Waals surface area contributed by atoms with Crippen molar-refractivity contribution >= 4 is 38.6 Å². The summed E-state index contributed by atoms with van der Waals surface area (Å²) in [6, 6.07) is 6.16. The molecule has 1 fully saturated rings. The third kappa shape index (κ3) is 2.81. The summed E-state index contributed by atoms with van der Waals surface area (Å²) in [7, 11) is 0. The standard InChI is InChI=1S/C14H16BrClN2O/c15-11-1-2-12-13(7-11)18(14(8-16)17-12)5-3-10-4-6-19-9-10/h1-2,7,10H,3-6,8-9H2. The zero-order valence-corrected chi connectivity index (χ0v) is 13.0. The Bertz CT molecular complexity index is 578. The van der Waals surface area contributed by atoms with Gasteiger partial charge in [-0.05, 0) is 37.0 Å². The number of ether oxygens (including phenoxy) is 1. The molecular formula is C14H16BrClN2O. The Labute approximate surface area is 126 Å². The summed E-state index contributed by atoms with van der Waals surface area (Å²) in [5.74, 6) is 2.08. The van der Waals surface area contributed by atoms with E-state index in [9.17, 15) is 0 Å². The second-order valence-electron chi connectivity index (χ2n) is 4.96. The smallest absolute Gasteiger partial charge is 0.124 e. The number of hydrogen-bond acceptors (Lipinski definition) is 2. The molecule has 1 aromatic carbocycles. The van der Waals surface area contributed by atoms with Gasteiger partial charge in [0.15, 0.2) is 0 Å². The van der Waals surface area contributed by atoms with Crippen LogP contribution in [0.2, 0.25) is 0 Å². The van der Waals surface area contributed by atoms with Crippen LogP contribution in [0.3, 0.4) is 0 Å². The van der Waals surface area contributed by atoms with Crippen LogP contribution in [-0.2, 0) is 17.2 Å². The Hall–Kier alpha value is -0.580. The highest BCUT2D eigenvalue weighted by Gasteiger charge is 2.17. The lowest BCUT2D eigenvalue weighted by atomic mass is 10.1. The molecule has 2 aromatic rings. The summed E-state index contributed by atoms with van der Waals surface area (Å²) in [6.45, 7) is 2.76.